The van der Waals surface area contributed by atoms with Crippen LogP contribution in [-0.2, 0) is 18.9 Å². The summed E-state index contributed by atoms with van der Waals surface area (Å²) in [5.41, 5.74) is 6.02. The van der Waals surface area contributed by atoms with E-state index in [9.17, 15) is 9.90 Å². The third kappa shape index (κ3) is 4.52. The van der Waals surface area contributed by atoms with Crippen LogP contribution in [0.1, 0.15) is 99.8 Å². The normalized spacial score (nSPS) is 52.2. The van der Waals surface area contributed by atoms with Crippen LogP contribution >= 0.6 is 0 Å². The first-order valence-corrected chi connectivity index (χ1v) is 19.6. The van der Waals surface area contributed by atoms with E-state index >= 15 is 0 Å². The predicted octanol–water partition coefficient (Wildman–Crippen LogP) is 5.28. The summed E-state index contributed by atoms with van der Waals surface area (Å²) in [5, 5.41) is 12.6. The van der Waals surface area contributed by atoms with Crippen LogP contribution in [0.3, 0.4) is 0 Å². The molecule has 0 radical (unpaired) electrons. The van der Waals surface area contributed by atoms with Crippen LogP contribution in [0, 0.1) is 56.7 Å². The first-order chi connectivity index (χ1) is 22.6. The lowest BCUT2D eigenvalue weighted by atomic mass is 9.41. The van der Waals surface area contributed by atoms with Gasteiger partial charge in [0.15, 0.2) is 6.29 Å². The first-order valence-electron chi connectivity index (χ1n) is 19.6. The van der Waals surface area contributed by atoms with Crippen LogP contribution < -0.4 is 5.73 Å². The second kappa shape index (κ2) is 11.3. The zero-order chi connectivity index (χ0) is 34.2. The summed E-state index contributed by atoms with van der Waals surface area (Å²) in [6, 6.07) is 0.640. The van der Waals surface area contributed by atoms with E-state index in [1.165, 1.54) is 32.1 Å². The number of morpholine rings is 1. The van der Waals surface area contributed by atoms with Gasteiger partial charge in [-0.2, -0.15) is 0 Å². The van der Waals surface area contributed by atoms with E-state index < -0.39 is 18.3 Å². The quantitative estimate of drug-likeness (QED) is 0.393. The number of aliphatic hydroxyl groups is 1. The van der Waals surface area contributed by atoms with Gasteiger partial charge >= 0.3 is 6.09 Å². The van der Waals surface area contributed by atoms with Gasteiger partial charge in [-0.25, -0.2) is 4.79 Å². The SMILES string of the molecule is CC(C)[C@@H](OC(N)=O)C1C[C@@H](C)[C@H]2C(O1)[C@H](O)[C@@]1(C)C3CC[C@H]4C(C)(C)[C@@H](O[C@H]5CN(C6CN(C)C6)CCO5)CC[C@@]45C[C@@]35CC[C@]21C. The van der Waals surface area contributed by atoms with Crippen LogP contribution in [0.25, 0.3) is 0 Å². The van der Waals surface area contributed by atoms with Gasteiger partial charge in [0.05, 0.1) is 31.0 Å². The number of carbonyl (C=O) groups is 1. The average Bonchev–Trinajstić information content (AvgIpc) is 3.64. The number of carbonyl (C=O) groups excluding carboxylic acids is 1. The molecule has 8 aliphatic rings. The maximum atomic E-state index is 12.6. The van der Waals surface area contributed by atoms with Crippen molar-refractivity contribution < 1.29 is 28.8 Å². The van der Waals surface area contributed by atoms with Crippen molar-refractivity contribution in [2.24, 2.45) is 62.4 Å². The van der Waals surface area contributed by atoms with Gasteiger partial charge in [0.2, 0.25) is 0 Å². The van der Waals surface area contributed by atoms with Gasteiger partial charge in [0.1, 0.15) is 6.10 Å². The molecule has 0 aromatic carbocycles. The highest BCUT2D eigenvalue weighted by atomic mass is 16.7. The Morgan fingerprint density at radius 3 is 2.40 bits per heavy atom. The molecule has 14 atom stereocenters. The maximum Gasteiger partial charge on any atom is 0.404 e. The Morgan fingerprint density at radius 1 is 1.00 bits per heavy atom. The van der Waals surface area contributed by atoms with E-state index in [4.69, 9.17) is 24.7 Å². The zero-order valence-corrected chi connectivity index (χ0v) is 31.1. The molecule has 272 valence electrons. The molecule has 3 saturated heterocycles. The van der Waals surface area contributed by atoms with Crippen LogP contribution in [-0.4, -0.2) is 104 Å². The lowest BCUT2D eigenvalue weighted by molar-refractivity contribution is -0.253. The highest BCUT2D eigenvalue weighted by Crippen LogP contribution is 2.89. The Balaban J connectivity index is 1.01. The summed E-state index contributed by atoms with van der Waals surface area (Å²) in [7, 11) is 2.20. The van der Waals surface area contributed by atoms with E-state index in [0.29, 0.717) is 34.6 Å². The minimum atomic E-state index is -0.748. The maximum absolute atomic E-state index is 12.6. The van der Waals surface area contributed by atoms with E-state index in [2.05, 4.69) is 65.3 Å². The number of nitrogens with two attached hydrogens (primary N) is 1. The van der Waals surface area contributed by atoms with Crippen molar-refractivity contribution in [2.75, 3.05) is 39.8 Å². The van der Waals surface area contributed by atoms with E-state index in [-0.39, 0.29) is 52.7 Å². The average molecular weight is 672 g/mol. The third-order valence-corrected chi connectivity index (χ3v) is 17.0. The Kier molecular flexibility index (Phi) is 8.01. The number of hydrogen-bond acceptors (Lipinski definition) is 8. The number of likely N-dealkylation sites (N-methyl/N-ethyl adjacent to an activating group) is 1. The van der Waals surface area contributed by atoms with Crippen molar-refractivity contribution in [1.82, 2.24) is 9.80 Å². The molecule has 1 amide bonds. The number of rotatable bonds is 6. The van der Waals surface area contributed by atoms with Crippen LogP contribution in [0.15, 0.2) is 0 Å². The third-order valence-electron chi connectivity index (χ3n) is 17.0. The highest BCUT2D eigenvalue weighted by Gasteiger charge is 2.84. The summed E-state index contributed by atoms with van der Waals surface area (Å²) in [6.07, 6.45) is 7.16. The highest BCUT2D eigenvalue weighted by molar-refractivity contribution is 5.64. The molecule has 8 fully saturated rings. The van der Waals surface area contributed by atoms with Crippen molar-refractivity contribution in [1.29, 1.82) is 0 Å². The van der Waals surface area contributed by atoms with Gasteiger partial charge in [0, 0.05) is 37.6 Å². The lowest BCUT2D eigenvalue weighted by Gasteiger charge is -2.64. The second-order valence-corrected chi connectivity index (χ2v) is 19.5. The summed E-state index contributed by atoms with van der Waals surface area (Å²) >= 11 is 0. The molecule has 8 rings (SSSR count). The van der Waals surface area contributed by atoms with Gasteiger partial charge < -0.3 is 34.7 Å². The van der Waals surface area contributed by atoms with Crippen LogP contribution in [0.4, 0.5) is 4.79 Å². The molecule has 3 aliphatic heterocycles. The number of amides is 1. The van der Waals surface area contributed by atoms with Crippen molar-refractivity contribution in [3.05, 3.63) is 0 Å². The van der Waals surface area contributed by atoms with E-state index in [0.717, 1.165) is 52.0 Å². The molecule has 9 heteroatoms. The molecule has 0 aromatic rings. The van der Waals surface area contributed by atoms with E-state index in [1.54, 1.807) is 0 Å². The molecule has 3 heterocycles. The Labute approximate surface area is 289 Å². The zero-order valence-electron chi connectivity index (χ0n) is 31.1. The standard InChI is InChI=1S/C39H65N3O6/c1-22(2)31(48-34(40)44)25-17-23(3)30-32(46-25)33(43)37(7)27-10-9-26-35(4,5)28(11-12-38(26)21-39(27,38)14-13-36(30,37)6)47-29-20-42(15-16-45-29)24-18-41(8)19-24/h22-33,43H,9-21H2,1-8H3,(H2,40,44)/t23-,25?,26+,27?,28+,29+,30+,31-,32?,33+,36-,37-,38-,39+/m1/s1. The Bertz CT molecular complexity index is 1270. The van der Waals surface area contributed by atoms with Crippen LogP contribution in [0.2, 0.25) is 0 Å². The van der Waals surface area contributed by atoms with Crippen molar-refractivity contribution >= 4 is 6.09 Å². The molecule has 5 aliphatic carbocycles. The van der Waals surface area contributed by atoms with Gasteiger partial charge in [0.25, 0.3) is 0 Å². The summed E-state index contributed by atoms with van der Waals surface area (Å²) in [6.45, 7) is 21.4. The number of hydrogen-bond donors (Lipinski definition) is 2. The van der Waals surface area contributed by atoms with Gasteiger partial charge in [-0.1, -0.05) is 48.5 Å². The molecule has 9 nitrogen and oxygen atoms in total. The van der Waals surface area contributed by atoms with Crippen molar-refractivity contribution in [3.63, 3.8) is 0 Å². The summed E-state index contributed by atoms with van der Waals surface area (Å²) in [4.78, 5) is 16.8. The van der Waals surface area contributed by atoms with Crippen LogP contribution in [0.5, 0.6) is 0 Å². The Hall–Kier alpha value is -0.970. The first kappa shape index (κ1) is 34.1. The van der Waals surface area contributed by atoms with Gasteiger partial charge in [-0.3, -0.25) is 4.90 Å². The van der Waals surface area contributed by atoms with Gasteiger partial charge in [-0.15, -0.1) is 0 Å². The topological polar surface area (TPSA) is 107 Å². The smallest absolute Gasteiger partial charge is 0.404 e. The molecular formula is C39H65N3O6. The number of fused-ring (bicyclic) bond motifs is 4. The molecular weight excluding hydrogens is 606 g/mol. The molecule has 48 heavy (non-hydrogen) atoms. The number of nitrogens with zero attached hydrogens (tertiary/aromatic N) is 2. The number of primary amides is 1. The molecule has 3 unspecified atom stereocenters. The minimum Gasteiger partial charge on any atom is -0.443 e. The number of likely N-dealkylation sites (tertiary alicyclic amines) is 1. The largest absolute Gasteiger partial charge is 0.443 e. The monoisotopic (exact) mass is 671 g/mol. The molecule has 0 bridgehead atoms. The minimum absolute atomic E-state index is 0.00114. The molecule has 2 spiro atoms. The Morgan fingerprint density at radius 2 is 1.71 bits per heavy atom. The molecule has 5 saturated carbocycles. The van der Waals surface area contributed by atoms with Crippen molar-refractivity contribution in [3.8, 4) is 0 Å². The molecule has 0 aromatic heterocycles. The predicted molar refractivity (Wildman–Crippen MR) is 183 cm³/mol. The fraction of sp³-hybridized carbons (Fsp3) is 0.974. The van der Waals surface area contributed by atoms with E-state index in [1.807, 2.05) is 0 Å². The summed E-state index contributed by atoms with van der Waals surface area (Å²) < 4.78 is 25.8. The van der Waals surface area contributed by atoms with Gasteiger partial charge in [-0.05, 0) is 110 Å². The summed E-state index contributed by atoms with van der Waals surface area (Å²) in [5.74, 6) is 1.85. The second-order valence-electron chi connectivity index (χ2n) is 19.5. The molecule has 3 N–H and O–H groups in total. The lowest BCUT2D eigenvalue weighted by Crippen LogP contribution is -2.62. The number of ether oxygens (including phenoxy) is 4. The fourth-order valence-electron chi connectivity index (χ4n) is 14.7. The fourth-order valence-corrected chi connectivity index (χ4v) is 14.7. The number of aliphatic hydroxyl groups excluding tert-OH is 1. The van der Waals surface area contributed by atoms with Crippen molar-refractivity contribution in [2.45, 2.75) is 143 Å².